The molecule has 0 saturated carbocycles. The van der Waals surface area contributed by atoms with Gasteiger partial charge in [0.2, 0.25) is 0 Å². The highest BCUT2D eigenvalue weighted by atomic mass is 32.1. The fraction of sp³-hybridized carbons (Fsp3) is 0.550. The average molecular weight is 320 g/mol. The van der Waals surface area contributed by atoms with E-state index in [0.29, 0.717) is 11.2 Å². The Balaban J connectivity index is 4.75. The molecule has 0 aliphatic carbocycles. The molecule has 0 heterocycles. The van der Waals surface area contributed by atoms with Gasteiger partial charge in [0, 0.05) is 11.0 Å². The second kappa shape index (κ2) is 12.5. The number of hydrogen-bond donors (Lipinski definition) is 1. The van der Waals surface area contributed by atoms with E-state index in [-0.39, 0.29) is 0 Å². The number of hydrogen-bond acceptors (Lipinski definition) is 2. The Morgan fingerprint density at radius 3 is 2.45 bits per heavy atom. The summed E-state index contributed by atoms with van der Waals surface area (Å²) in [5.41, 5.74) is 3.66. The minimum atomic E-state index is 0.319. The second-order valence-corrected chi connectivity index (χ2v) is 6.44. The van der Waals surface area contributed by atoms with E-state index in [0.717, 1.165) is 31.4 Å². The van der Waals surface area contributed by atoms with Crippen LogP contribution in [0.15, 0.2) is 53.1 Å². The third-order valence-corrected chi connectivity index (χ3v) is 4.11. The minimum Gasteiger partial charge on any atom is -0.290 e. The molecule has 2 atom stereocenters. The van der Waals surface area contributed by atoms with Gasteiger partial charge in [0.15, 0.2) is 0 Å². The first-order valence-corrected chi connectivity index (χ1v) is 8.79. The first-order chi connectivity index (χ1) is 10.4. The normalized spacial score (nSPS) is 16.5. The fourth-order valence-electron chi connectivity index (χ4n) is 2.21. The molecule has 0 radical (unpaired) electrons. The van der Waals surface area contributed by atoms with Crippen LogP contribution in [0, 0.1) is 5.92 Å². The van der Waals surface area contributed by atoms with Gasteiger partial charge in [-0.05, 0) is 51.5 Å². The standard InChI is InChI=1S/C20H33NS/c1-7-11-20(22)14-19(9-3)17(6)21-15-18(8-2)13-10-12-16(4)5/h7,10-13,19-20,22H,4,8-9,14-15H2,1-3,5-6H3/b11-7+,12-10-,18-13-,21-17+. The summed E-state index contributed by atoms with van der Waals surface area (Å²) < 4.78 is 0. The van der Waals surface area contributed by atoms with E-state index < -0.39 is 0 Å². The molecule has 0 aromatic rings. The van der Waals surface area contributed by atoms with Crippen molar-refractivity contribution >= 4 is 18.3 Å². The van der Waals surface area contributed by atoms with Gasteiger partial charge >= 0.3 is 0 Å². The van der Waals surface area contributed by atoms with E-state index in [1.807, 2.05) is 19.9 Å². The van der Waals surface area contributed by atoms with Crippen LogP contribution in [0.25, 0.3) is 0 Å². The van der Waals surface area contributed by atoms with Crippen molar-refractivity contribution in [2.75, 3.05) is 6.54 Å². The zero-order chi connectivity index (χ0) is 17.0. The van der Waals surface area contributed by atoms with Crippen molar-refractivity contribution in [3.05, 3.63) is 48.1 Å². The fourth-order valence-corrected chi connectivity index (χ4v) is 2.64. The van der Waals surface area contributed by atoms with Crippen molar-refractivity contribution < 1.29 is 0 Å². The molecule has 124 valence electrons. The van der Waals surface area contributed by atoms with Gasteiger partial charge in [-0.15, -0.1) is 0 Å². The summed E-state index contributed by atoms with van der Waals surface area (Å²) >= 11 is 4.62. The van der Waals surface area contributed by atoms with Gasteiger partial charge in [-0.3, -0.25) is 4.99 Å². The zero-order valence-electron chi connectivity index (χ0n) is 15.0. The van der Waals surface area contributed by atoms with Crippen LogP contribution >= 0.6 is 12.6 Å². The van der Waals surface area contributed by atoms with Gasteiger partial charge in [0.1, 0.15) is 0 Å². The summed E-state index contributed by atoms with van der Waals surface area (Å²) in [7, 11) is 0. The van der Waals surface area contributed by atoms with Crippen LogP contribution in [0.4, 0.5) is 0 Å². The maximum Gasteiger partial charge on any atom is 0.0601 e. The van der Waals surface area contributed by atoms with Crippen LogP contribution < -0.4 is 0 Å². The Bertz CT molecular complexity index is 441. The molecule has 0 aromatic heterocycles. The third-order valence-electron chi connectivity index (χ3n) is 3.72. The topological polar surface area (TPSA) is 12.4 Å². The van der Waals surface area contributed by atoms with Crippen LogP contribution in [0.3, 0.4) is 0 Å². The molecule has 0 saturated heterocycles. The summed E-state index contributed by atoms with van der Waals surface area (Å²) in [5.74, 6) is 0.516. The molecular formula is C20H33NS. The number of nitrogens with zero attached hydrogens (tertiary/aromatic N) is 1. The van der Waals surface area contributed by atoms with Gasteiger partial charge in [0.25, 0.3) is 0 Å². The van der Waals surface area contributed by atoms with E-state index in [4.69, 9.17) is 4.99 Å². The van der Waals surface area contributed by atoms with Crippen molar-refractivity contribution in [1.29, 1.82) is 0 Å². The van der Waals surface area contributed by atoms with E-state index >= 15 is 0 Å². The number of aliphatic imine (C=N–C) groups is 1. The van der Waals surface area contributed by atoms with Gasteiger partial charge in [-0.25, -0.2) is 0 Å². The Morgan fingerprint density at radius 1 is 1.27 bits per heavy atom. The molecule has 2 unspecified atom stereocenters. The molecule has 0 amide bonds. The largest absolute Gasteiger partial charge is 0.290 e. The maximum atomic E-state index is 4.81. The van der Waals surface area contributed by atoms with Crippen LogP contribution in [-0.2, 0) is 0 Å². The predicted molar refractivity (Wildman–Crippen MR) is 106 cm³/mol. The van der Waals surface area contributed by atoms with Gasteiger partial charge in [-0.1, -0.05) is 56.4 Å². The van der Waals surface area contributed by atoms with E-state index in [9.17, 15) is 0 Å². The molecule has 0 bridgehead atoms. The highest BCUT2D eigenvalue weighted by molar-refractivity contribution is 7.81. The van der Waals surface area contributed by atoms with Crippen molar-refractivity contribution in [3.63, 3.8) is 0 Å². The van der Waals surface area contributed by atoms with Crippen LogP contribution in [-0.4, -0.2) is 17.5 Å². The molecule has 0 rings (SSSR count). The van der Waals surface area contributed by atoms with Crippen LogP contribution in [0.5, 0.6) is 0 Å². The molecule has 0 aliphatic rings. The molecule has 22 heavy (non-hydrogen) atoms. The molecule has 0 fully saturated rings. The Morgan fingerprint density at radius 2 is 1.95 bits per heavy atom. The summed E-state index contributed by atoms with van der Waals surface area (Å²) in [6.07, 6.45) is 13.7. The quantitative estimate of drug-likeness (QED) is 0.213. The summed E-state index contributed by atoms with van der Waals surface area (Å²) in [6, 6.07) is 0. The average Bonchev–Trinajstić information content (AvgIpc) is 2.47. The Kier molecular flexibility index (Phi) is 11.9. The summed E-state index contributed by atoms with van der Waals surface area (Å²) in [4.78, 5) is 4.81. The molecule has 0 N–H and O–H groups in total. The van der Waals surface area contributed by atoms with Crippen molar-refractivity contribution in [1.82, 2.24) is 0 Å². The molecule has 0 aromatic carbocycles. The second-order valence-electron chi connectivity index (χ2n) is 5.78. The number of allylic oxidation sites excluding steroid dienone is 5. The molecule has 1 nitrogen and oxygen atoms in total. The van der Waals surface area contributed by atoms with E-state index in [2.05, 4.69) is 64.3 Å². The summed E-state index contributed by atoms with van der Waals surface area (Å²) in [6.45, 7) is 15.3. The maximum absolute atomic E-state index is 4.81. The molecule has 2 heteroatoms. The lowest BCUT2D eigenvalue weighted by molar-refractivity contribution is 0.616. The first-order valence-electron chi connectivity index (χ1n) is 8.27. The van der Waals surface area contributed by atoms with Gasteiger partial charge in [0.05, 0.1) is 6.54 Å². The lowest BCUT2D eigenvalue weighted by Gasteiger charge is -2.17. The Hall–Kier alpha value is -1.02. The smallest absolute Gasteiger partial charge is 0.0601 e. The molecule has 0 aliphatic heterocycles. The minimum absolute atomic E-state index is 0.319. The molecule has 0 spiro atoms. The lowest BCUT2D eigenvalue weighted by atomic mass is 9.95. The zero-order valence-corrected chi connectivity index (χ0v) is 15.9. The van der Waals surface area contributed by atoms with Crippen LogP contribution in [0.2, 0.25) is 0 Å². The number of rotatable bonds is 10. The SMILES string of the molecule is C=C(C)/C=C\C=C(\CC)C/N=C(\C)C(CC)CC(S)/C=C/C. The van der Waals surface area contributed by atoms with Crippen LogP contribution in [0.1, 0.15) is 53.9 Å². The van der Waals surface area contributed by atoms with E-state index in [1.54, 1.807) is 0 Å². The predicted octanol–water partition coefficient (Wildman–Crippen LogP) is 6.21. The monoisotopic (exact) mass is 319 g/mol. The lowest BCUT2D eigenvalue weighted by Crippen LogP contribution is -2.15. The van der Waals surface area contributed by atoms with Crippen molar-refractivity contribution in [3.8, 4) is 0 Å². The Labute approximate surface area is 143 Å². The molecular weight excluding hydrogens is 286 g/mol. The summed E-state index contributed by atoms with van der Waals surface area (Å²) in [5, 5.41) is 0.319. The highest BCUT2D eigenvalue weighted by Gasteiger charge is 2.13. The third kappa shape index (κ3) is 9.83. The van der Waals surface area contributed by atoms with Crippen molar-refractivity contribution in [2.45, 2.75) is 59.1 Å². The van der Waals surface area contributed by atoms with Gasteiger partial charge in [-0.2, -0.15) is 12.6 Å². The van der Waals surface area contributed by atoms with Crippen molar-refractivity contribution in [2.24, 2.45) is 10.9 Å². The highest BCUT2D eigenvalue weighted by Crippen LogP contribution is 2.18. The number of thiol groups is 1. The van der Waals surface area contributed by atoms with Gasteiger partial charge < -0.3 is 0 Å². The first kappa shape index (κ1) is 21.0. The van der Waals surface area contributed by atoms with E-state index in [1.165, 1.54) is 11.3 Å².